The third-order valence-corrected chi connectivity index (χ3v) is 12.2. The zero-order valence-corrected chi connectivity index (χ0v) is 31.6. The summed E-state index contributed by atoms with van der Waals surface area (Å²) in [6, 6.07) is 6.93. The van der Waals surface area contributed by atoms with E-state index in [0.29, 0.717) is 56.9 Å². The molecular formula is C36H48ClN7O4Si. The van der Waals surface area contributed by atoms with Crippen LogP contribution in [0, 0.1) is 23.2 Å². The highest BCUT2D eigenvalue weighted by Gasteiger charge is 2.49. The van der Waals surface area contributed by atoms with Gasteiger partial charge in [-0.1, -0.05) is 43.7 Å². The topological polar surface area (TPSA) is 129 Å². The third kappa shape index (κ3) is 6.77. The number of rotatable bonds is 9. The number of aryl methyl sites for hydroxylation is 1. The van der Waals surface area contributed by atoms with Crippen LogP contribution in [0.2, 0.25) is 30.7 Å². The van der Waals surface area contributed by atoms with Crippen LogP contribution in [0.5, 0.6) is 0 Å². The van der Waals surface area contributed by atoms with Crippen LogP contribution >= 0.6 is 11.6 Å². The number of hydrogen-bond donors (Lipinski definition) is 1. The molecule has 3 aromatic heterocycles. The predicted octanol–water partition coefficient (Wildman–Crippen LogP) is 7.41. The molecule has 2 saturated carbocycles. The van der Waals surface area contributed by atoms with Gasteiger partial charge in [-0.25, -0.2) is 9.78 Å². The molecule has 2 fully saturated rings. The summed E-state index contributed by atoms with van der Waals surface area (Å²) in [6.07, 6.45) is 5.33. The normalized spacial score (nSPS) is 21.0. The second kappa shape index (κ2) is 13.2. The van der Waals surface area contributed by atoms with E-state index in [-0.39, 0.29) is 36.1 Å². The zero-order valence-electron chi connectivity index (χ0n) is 29.9. The highest BCUT2D eigenvalue weighted by Crippen LogP contribution is 2.52. The Kier molecular flexibility index (Phi) is 9.50. The molecule has 3 heterocycles. The fourth-order valence-corrected chi connectivity index (χ4v) is 8.88. The number of carbonyl (C=O) groups excluding carboxylic acids is 1. The van der Waals surface area contributed by atoms with Gasteiger partial charge in [0.25, 0.3) is 5.56 Å². The number of hydrogen-bond acceptors (Lipinski definition) is 7. The van der Waals surface area contributed by atoms with E-state index in [4.69, 9.17) is 26.1 Å². The minimum absolute atomic E-state index is 0.00778. The van der Waals surface area contributed by atoms with E-state index >= 15 is 0 Å². The van der Waals surface area contributed by atoms with E-state index in [9.17, 15) is 14.9 Å². The van der Waals surface area contributed by atoms with Crippen molar-refractivity contribution in [2.45, 2.75) is 110 Å². The van der Waals surface area contributed by atoms with Crippen LogP contribution in [0.25, 0.3) is 33.1 Å². The molecule has 0 radical (unpaired) electrons. The summed E-state index contributed by atoms with van der Waals surface area (Å²) in [5, 5.41) is 19.1. The quantitative estimate of drug-likeness (QED) is 0.142. The molecular weight excluding hydrogens is 658 g/mol. The molecule has 6 rings (SSSR count). The molecule has 4 aromatic rings. The highest BCUT2D eigenvalue weighted by atomic mass is 35.5. The number of benzene rings is 1. The van der Waals surface area contributed by atoms with Crippen molar-refractivity contribution in [2.24, 2.45) is 18.9 Å². The first-order valence-electron chi connectivity index (χ1n) is 17.4. The number of amides is 1. The molecule has 2 bridgehead atoms. The average molecular weight is 706 g/mol. The van der Waals surface area contributed by atoms with Crippen LogP contribution in [0.4, 0.5) is 4.79 Å². The summed E-state index contributed by atoms with van der Waals surface area (Å²) in [5.74, 6) is 1.15. The Bertz CT molecular complexity index is 2010. The summed E-state index contributed by atoms with van der Waals surface area (Å²) in [6.45, 7) is 15.8. The molecule has 0 spiro atoms. The number of carbonyl (C=O) groups is 1. The number of halogens is 1. The lowest BCUT2D eigenvalue weighted by atomic mass is 9.77. The minimum atomic E-state index is -1.32. The maximum Gasteiger partial charge on any atom is 0.407 e. The molecule has 1 aromatic carbocycles. The van der Waals surface area contributed by atoms with Gasteiger partial charge in [0.05, 0.1) is 21.3 Å². The molecule has 0 aliphatic heterocycles. The Morgan fingerprint density at radius 1 is 1.18 bits per heavy atom. The Morgan fingerprint density at radius 2 is 1.94 bits per heavy atom. The van der Waals surface area contributed by atoms with Crippen LogP contribution in [0.15, 0.2) is 23.1 Å². The standard InChI is InChI=1S/C36H48ClN7O4Si/c1-9-44-27(18-38)30-25(41-44)14-13-22(31(30)37)24-19-43(20-47-15-16-49(6,7)8)33-29(24)34(45)42(5)32(40-33)28-21-11-10-12-23(28)26(17-21)39-35(46)48-36(2,3)4/h13-14,19,21,23,26,28H,9-12,15-17,20H2,1-8H3,(H,39,46)/t21-,23+,26+,28?/m0/s1. The van der Waals surface area contributed by atoms with Crippen LogP contribution in [0.1, 0.15) is 70.8 Å². The van der Waals surface area contributed by atoms with Crippen molar-refractivity contribution in [3.8, 4) is 17.2 Å². The number of alkyl carbamates (subject to hydrolysis) is 1. The van der Waals surface area contributed by atoms with E-state index in [2.05, 4.69) is 36.1 Å². The molecule has 262 valence electrons. The van der Waals surface area contributed by atoms with Gasteiger partial charge < -0.3 is 19.4 Å². The van der Waals surface area contributed by atoms with Gasteiger partial charge in [0.2, 0.25) is 0 Å². The maximum atomic E-state index is 14.5. The van der Waals surface area contributed by atoms with Crippen molar-refractivity contribution in [1.82, 2.24) is 29.2 Å². The lowest BCUT2D eigenvalue weighted by Crippen LogP contribution is -2.42. The van der Waals surface area contributed by atoms with E-state index < -0.39 is 19.8 Å². The monoisotopic (exact) mass is 705 g/mol. The highest BCUT2D eigenvalue weighted by molar-refractivity contribution is 6.76. The van der Waals surface area contributed by atoms with Gasteiger partial charge in [-0.15, -0.1) is 0 Å². The minimum Gasteiger partial charge on any atom is -0.444 e. The van der Waals surface area contributed by atoms with Crippen LogP contribution in [-0.2, 0) is 29.8 Å². The van der Waals surface area contributed by atoms with Crippen LogP contribution < -0.4 is 10.9 Å². The van der Waals surface area contributed by atoms with E-state index in [0.717, 1.165) is 37.6 Å². The van der Waals surface area contributed by atoms with Crippen molar-refractivity contribution < 1.29 is 14.3 Å². The summed E-state index contributed by atoms with van der Waals surface area (Å²) in [4.78, 5) is 32.6. The fourth-order valence-electron chi connectivity index (χ4n) is 7.78. The molecule has 0 saturated heterocycles. The number of nitrogens with zero attached hydrogens (tertiary/aromatic N) is 6. The number of aromatic nitrogens is 5. The van der Waals surface area contributed by atoms with Gasteiger partial charge >= 0.3 is 6.09 Å². The number of fused-ring (bicyclic) bond motifs is 4. The van der Waals surface area contributed by atoms with Gasteiger partial charge in [-0.3, -0.25) is 14.0 Å². The Hall–Kier alpha value is -3.66. The van der Waals surface area contributed by atoms with Gasteiger partial charge in [0, 0.05) is 57.6 Å². The first-order valence-corrected chi connectivity index (χ1v) is 21.5. The SMILES string of the molecule is CCn1nc2ccc(-c3cn(COCC[Si](C)(C)C)c4nc(C5[C@H]6CCC[C@@H]5[C@H](NC(=O)OC(C)(C)C)C6)n(C)c(=O)c34)c(Cl)c2c1C#N. The largest absolute Gasteiger partial charge is 0.444 e. The predicted molar refractivity (Wildman–Crippen MR) is 195 cm³/mol. The molecule has 1 N–H and O–H groups in total. The number of nitriles is 1. The molecule has 1 amide bonds. The van der Waals surface area contributed by atoms with Gasteiger partial charge in [0.1, 0.15) is 35.6 Å². The molecule has 1 unspecified atom stereocenters. The summed E-state index contributed by atoms with van der Waals surface area (Å²) in [5.41, 5.74) is 2.08. The van der Waals surface area contributed by atoms with E-state index in [1.807, 2.05) is 50.6 Å². The third-order valence-electron chi connectivity index (χ3n) is 10.1. The number of ether oxygens (including phenoxy) is 2. The average Bonchev–Trinajstić information content (AvgIpc) is 3.63. The van der Waals surface area contributed by atoms with Crippen molar-refractivity contribution in [1.29, 1.82) is 5.26 Å². The van der Waals surface area contributed by atoms with E-state index in [1.54, 1.807) is 16.3 Å². The van der Waals surface area contributed by atoms with Gasteiger partial charge in [-0.2, -0.15) is 10.4 Å². The lowest BCUT2D eigenvalue weighted by Gasteiger charge is -2.32. The second-order valence-electron chi connectivity index (χ2n) is 15.9. The molecule has 2 aliphatic carbocycles. The molecule has 13 heteroatoms. The van der Waals surface area contributed by atoms with Gasteiger partial charge in [-0.05, 0) is 70.9 Å². The van der Waals surface area contributed by atoms with Crippen LogP contribution in [0.3, 0.4) is 0 Å². The zero-order chi connectivity index (χ0) is 35.4. The molecule has 2 aliphatic rings. The second-order valence-corrected chi connectivity index (χ2v) is 21.9. The first-order chi connectivity index (χ1) is 23.1. The Labute approximate surface area is 293 Å². The summed E-state index contributed by atoms with van der Waals surface area (Å²) in [7, 11) is 0.473. The molecule has 4 atom stereocenters. The van der Waals surface area contributed by atoms with Gasteiger partial charge in [0.15, 0.2) is 0 Å². The Balaban J connectivity index is 1.46. The lowest BCUT2D eigenvalue weighted by molar-refractivity contribution is 0.0490. The van der Waals surface area contributed by atoms with Crippen molar-refractivity contribution >= 4 is 47.7 Å². The smallest absolute Gasteiger partial charge is 0.407 e. The summed E-state index contributed by atoms with van der Waals surface area (Å²) < 4.78 is 17.1. The van der Waals surface area contributed by atoms with Crippen LogP contribution in [-0.4, -0.2) is 56.3 Å². The first kappa shape index (κ1) is 35.2. The Morgan fingerprint density at radius 3 is 2.61 bits per heavy atom. The van der Waals surface area contributed by atoms with E-state index in [1.165, 1.54) is 0 Å². The van der Waals surface area contributed by atoms with Crippen molar-refractivity contribution in [3.05, 3.63) is 45.2 Å². The number of nitrogens with one attached hydrogen (secondary N) is 1. The molecule has 11 nitrogen and oxygen atoms in total. The maximum absolute atomic E-state index is 14.5. The molecule has 49 heavy (non-hydrogen) atoms. The fraction of sp³-hybridized carbons (Fsp3) is 0.583. The van der Waals surface area contributed by atoms with Crippen molar-refractivity contribution in [3.63, 3.8) is 0 Å². The van der Waals surface area contributed by atoms with Crippen molar-refractivity contribution in [2.75, 3.05) is 6.61 Å². The summed E-state index contributed by atoms with van der Waals surface area (Å²) >= 11 is 7.09.